The van der Waals surface area contributed by atoms with E-state index in [0.717, 1.165) is 38.8 Å². The van der Waals surface area contributed by atoms with Gasteiger partial charge in [-0.15, -0.1) is 0 Å². The Morgan fingerprint density at radius 3 is 2.38 bits per heavy atom. The third-order valence-electron chi connectivity index (χ3n) is 5.48. The summed E-state index contributed by atoms with van der Waals surface area (Å²) in [6.45, 7) is 4.94. The molecule has 1 heterocycles. The first kappa shape index (κ1) is 15.3. The molecule has 3 unspecified atom stereocenters. The fraction of sp³-hybridized carbons (Fsp3) is 0.938. The van der Waals surface area contributed by atoms with Crippen molar-refractivity contribution in [1.82, 2.24) is 15.1 Å². The number of likely N-dealkylation sites (N-methyl/N-ethyl adjacent to an activating group) is 1. The summed E-state index contributed by atoms with van der Waals surface area (Å²) in [4.78, 5) is 16.7. The summed E-state index contributed by atoms with van der Waals surface area (Å²) in [5, 5.41) is 13.4. The van der Waals surface area contributed by atoms with Crippen LogP contribution in [0.1, 0.15) is 32.6 Å². The Kier molecular flexibility index (Phi) is 4.01. The highest BCUT2D eigenvalue weighted by Crippen LogP contribution is 2.43. The van der Waals surface area contributed by atoms with E-state index in [4.69, 9.17) is 0 Å². The molecule has 2 aliphatic carbocycles. The van der Waals surface area contributed by atoms with Crippen LogP contribution < -0.4 is 5.32 Å². The van der Waals surface area contributed by atoms with Gasteiger partial charge in [0.25, 0.3) is 0 Å². The molecule has 2 N–H and O–H groups in total. The SMILES string of the molecule is CC1CN(CC(NC2CC2)(C(=O)O)C2CC2)CC1N(C)C. The van der Waals surface area contributed by atoms with Crippen LogP contribution in [0.25, 0.3) is 0 Å². The summed E-state index contributed by atoms with van der Waals surface area (Å²) in [7, 11) is 4.25. The predicted octanol–water partition coefficient (Wildman–Crippen LogP) is 0.854. The molecule has 120 valence electrons. The highest BCUT2D eigenvalue weighted by molar-refractivity contribution is 5.80. The largest absolute Gasteiger partial charge is 0.480 e. The minimum absolute atomic E-state index is 0.323. The van der Waals surface area contributed by atoms with Crippen molar-refractivity contribution in [1.29, 1.82) is 0 Å². The van der Waals surface area contributed by atoms with Crippen LogP contribution in [0.4, 0.5) is 0 Å². The zero-order valence-corrected chi connectivity index (χ0v) is 13.5. The summed E-state index contributed by atoms with van der Waals surface area (Å²) in [5.41, 5.74) is -0.706. The van der Waals surface area contributed by atoms with E-state index < -0.39 is 11.5 Å². The molecule has 1 aliphatic heterocycles. The van der Waals surface area contributed by atoms with Crippen LogP contribution in [0.15, 0.2) is 0 Å². The van der Waals surface area contributed by atoms with Crippen LogP contribution in [0.2, 0.25) is 0 Å². The maximum Gasteiger partial charge on any atom is 0.325 e. The Morgan fingerprint density at radius 1 is 1.29 bits per heavy atom. The number of carboxylic acids is 1. The van der Waals surface area contributed by atoms with Crippen molar-refractivity contribution < 1.29 is 9.90 Å². The monoisotopic (exact) mass is 295 g/mol. The molecule has 0 aromatic heterocycles. The lowest BCUT2D eigenvalue weighted by atomic mass is 9.92. The van der Waals surface area contributed by atoms with Crippen molar-refractivity contribution in [2.75, 3.05) is 33.7 Å². The molecular weight excluding hydrogens is 266 g/mol. The smallest absolute Gasteiger partial charge is 0.325 e. The Labute approximate surface area is 127 Å². The van der Waals surface area contributed by atoms with Gasteiger partial charge < -0.3 is 10.0 Å². The number of hydrogen-bond acceptors (Lipinski definition) is 4. The van der Waals surface area contributed by atoms with E-state index in [0.29, 0.717) is 30.5 Å². The van der Waals surface area contributed by atoms with Gasteiger partial charge in [0.05, 0.1) is 0 Å². The van der Waals surface area contributed by atoms with E-state index in [9.17, 15) is 9.90 Å². The van der Waals surface area contributed by atoms with Crippen LogP contribution >= 0.6 is 0 Å². The van der Waals surface area contributed by atoms with Crippen molar-refractivity contribution in [2.45, 2.75) is 50.2 Å². The maximum atomic E-state index is 12.1. The molecule has 3 rings (SSSR count). The van der Waals surface area contributed by atoms with E-state index in [1.807, 2.05) is 0 Å². The minimum atomic E-state index is -0.706. The van der Waals surface area contributed by atoms with Crippen LogP contribution in [0, 0.1) is 11.8 Å². The second-order valence-electron chi connectivity index (χ2n) is 7.67. The molecule has 3 atom stereocenters. The summed E-state index contributed by atoms with van der Waals surface area (Å²) >= 11 is 0. The van der Waals surface area contributed by atoms with Gasteiger partial charge in [-0.05, 0) is 51.6 Å². The number of carbonyl (C=O) groups is 1. The molecule has 0 radical (unpaired) electrons. The summed E-state index contributed by atoms with van der Waals surface area (Å²) in [6, 6.07) is 0.975. The van der Waals surface area contributed by atoms with Crippen molar-refractivity contribution in [3.05, 3.63) is 0 Å². The van der Waals surface area contributed by atoms with E-state index >= 15 is 0 Å². The van der Waals surface area contributed by atoms with Gasteiger partial charge >= 0.3 is 5.97 Å². The molecule has 0 spiro atoms. The highest BCUT2D eigenvalue weighted by atomic mass is 16.4. The molecule has 0 aromatic rings. The number of rotatable bonds is 7. The summed E-state index contributed by atoms with van der Waals surface area (Å²) in [6.07, 6.45) is 4.40. The van der Waals surface area contributed by atoms with Gasteiger partial charge in [-0.2, -0.15) is 0 Å². The van der Waals surface area contributed by atoms with Gasteiger partial charge in [-0.3, -0.25) is 15.0 Å². The zero-order valence-electron chi connectivity index (χ0n) is 13.5. The molecule has 21 heavy (non-hydrogen) atoms. The Bertz CT molecular complexity index is 406. The van der Waals surface area contributed by atoms with Gasteiger partial charge in [0.1, 0.15) is 5.54 Å². The number of nitrogens with one attached hydrogen (secondary N) is 1. The first-order valence-electron chi connectivity index (χ1n) is 8.32. The lowest BCUT2D eigenvalue weighted by Gasteiger charge is -2.35. The van der Waals surface area contributed by atoms with Gasteiger partial charge in [0.15, 0.2) is 0 Å². The quantitative estimate of drug-likeness (QED) is 0.729. The van der Waals surface area contributed by atoms with E-state index in [1.54, 1.807) is 0 Å². The molecule has 3 fully saturated rings. The number of aliphatic carboxylic acids is 1. The van der Waals surface area contributed by atoms with Crippen LogP contribution in [-0.2, 0) is 4.79 Å². The molecule has 0 bridgehead atoms. The molecule has 0 amide bonds. The van der Waals surface area contributed by atoms with Gasteiger partial charge in [-0.25, -0.2) is 0 Å². The lowest BCUT2D eigenvalue weighted by molar-refractivity contribution is -0.147. The predicted molar refractivity (Wildman–Crippen MR) is 82.3 cm³/mol. The fourth-order valence-electron chi connectivity index (χ4n) is 3.97. The van der Waals surface area contributed by atoms with Crippen LogP contribution in [0.5, 0.6) is 0 Å². The third kappa shape index (κ3) is 3.10. The van der Waals surface area contributed by atoms with Gasteiger partial charge in [-0.1, -0.05) is 6.92 Å². The van der Waals surface area contributed by atoms with E-state index in [1.165, 1.54) is 0 Å². The molecule has 0 aromatic carbocycles. The Hall–Kier alpha value is -0.650. The maximum absolute atomic E-state index is 12.1. The Morgan fingerprint density at radius 2 is 1.95 bits per heavy atom. The van der Waals surface area contributed by atoms with Gasteiger partial charge in [0, 0.05) is 31.7 Å². The average molecular weight is 295 g/mol. The zero-order chi connectivity index (χ0) is 15.2. The normalized spacial score (nSPS) is 33.3. The third-order valence-corrected chi connectivity index (χ3v) is 5.48. The molecule has 2 saturated carbocycles. The van der Waals surface area contributed by atoms with Crippen molar-refractivity contribution >= 4 is 5.97 Å². The summed E-state index contributed by atoms with van der Waals surface area (Å²) < 4.78 is 0. The van der Waals surface area contributed by atoms with E-state index in [-0.39, 0.29) is 0 Å². The molecule has 5 nitrogen and oxygen atoms in total. The number of nitrogens with zero attached hydrogens (tertiary/aromatic N) is 2. The first-order valence-corrected chi connectivity index (χ1v) is 8.32. The topological polar surface area (TPSA) is 55.8 Å². The molecule has 3 aliphatic rings. The summed E-state index contributed by atoms with van der Waals surface area (Å²) in [5.74, 6) is 0.286. The van der Waals surface area contributed by atoms with Crippen LogP contribution in [-0.4, -0.2) is 72.2 Å². The average Bonchev–Trinajstić information content (AvgIpc) is 3.28. The van der Waals surface area contributed by atoms with Crippen molar-refractivity contribution in [3.8, 4) is 0 Å². The number of hydrogen-bond donors (Lipinski definition) is 2. The molecule has 5 heteroatoms. The molecule has 1 saturated heterocycles. The number of carboxylic acid groups (broad SMARTS) is 1. The van der Waals surface area contributed by atoms with E-state index in [2.05, 4.69) is 36.1 Å². The lowest BCUT2D eigenvalue weighted by Crippen LogP contribution is -2.61. The minimum Gasteiger partial charge on any atom is -0.480 e. The highest BCUT2D eigenvalue weighted by Gasteiger charge is 2.54. The number of likely N-dealkylation sites (tertiary alicyclic amines) is 1. The standard InChI is InChI=1S/C16H29N3O2/c1-11-8-19(9-14(11)18(2)3)10-16(15(20)21,12-4-5-12)17-13-6-7-13/h11-14,17H,4-10H2,1-3H3,(H,20,21). The second-order valence-corrected chi connectivity index (χ2v) is 7.67. The van der Waals surface area contributed by atoms with Crippen LogP contribution in [0.3, 0.4) is 0 Å². The first-order chi connectivity index (χ1) is 9.92. The molecular formula is C16H29N3O2. The van der Waals surface area contributed by atoms with Crippen molar-refractivity contribution in [2.24, 2.45) is 11.8 Å². The van der Waals surface area contributed by atoms with Gasteiger partial charge in [0.2, 0.25) is 0 Å². The second kappa shape index (κ2) is 5.52. The van der Waals surface area contributed by atoms with Crippen molar-refractivity contribution in [3.63, 3.8) is 0 Å². The Balaban J connectivity index is 1.71. The fourth-order valence-corrected chi connectivity index (χ4v) is 3.97.